The van der Waals surface area contributed by atoms with Crippen molar-refractivity contribution < 1.29 is 17.6 Å². The highest BCUT2D eigenvalue weighted by atomic mass is 32.2. The number of aromatic amines is 1. The van der Waals surface area contributed by atoms with Crippen LogP contribution in [0.4, 0.5) is 10.1 Å². The molecule has 0 saturated carbocycles. The first-order chi connectivity index (χ1) is 14.3. The third-order valence-corrected chi connectivity index (χ3v) is 6.81. The standard InChI is InChI=1S/C20H18FN3O4S2/c1-2-13-7-9-14(10-8-13)30(27,28)17-11-22-20(24-19(17)26)29-12-18(25)23-16-6-4-3-5-15(16)21/h3-11H,2,12H2,1H3,(H,23,25)(H,22,24,26). The molecule has 1 aromatic heterocycles. The summed E-state index contributed by atoms with van der Waals surface area (Å²) in [5.74, 6) is -1.22. The number of hydrogen-bond donors (Lipinski definition) is 2. The van der Waals surface area contributed by atoms with Crippen LogP contribution in [0.2, 0.25) is 0 Å². The average Bonchev–Trinajstić information content (AvgIpc) is 2.74. The lowest BCUT2D eigenvalue weighted by Gasteiger charge is -2.07. The summed E-state index contributed by atoms with van der Waals surface area (Å²) in [6, 6.07) is 12.0. The number of para-hydroxylation sites is 1. The number of thioether (sulfide) groups is 1. The van der Waals surface area contributed by atoms with E-state index in [2.05, 4.69) is 15.3 Å². The number of anilines is 1. The van der Waals surface area contributed by atoms with Gasteiger partial charge in [0.05, 0.1) is 22.5 Å². The lowest BCUT2D eigenvalue weighted by Crippen LogP contribution is -2.20. The number of halogens is 1. The fraction of sp³-hybridized carbons (Fsp3) is 0.150. The van der Waals surface area contributed by atoms with Crippen molar-refractivity contribution in [3.05, 3.63) is 76.5 Å². The Kier molecular flexibility index (Phi) is 6.68. The molecule has 7 nitrogen and oxygen atoms in total. The van der Waals surface area contributed by atoms with Crippen molar-refractivity contribution in [1.29, 1.82) is 0 Å². The Bertz CT molecular complexity index is 1230. The van der Waals surface area contributed by atoms with Crippen LogP contribution in [0, 0.1) is 5.82 Å². The highest BCUT2D eigenvalue weighted by molar-refractivity contribution is 7.99. The third kappa shape index (κ3) is 4.95. The van der Waals surface area contributed by atoms with E-state index in [1.165, 1.54) is 30.3 Å². The highest BCUT2D eigenvalue weighted by Crippen LogP contribution is 2.20. The number of aryl methyl sites for hydroxylation is 1. The van der Waals surface area contributed by atoms with Crippen molar-refractivity contribution in [2.24, 2.45) is 0 Å². The van der Waals surface area contributed by atoms with Gasteiger partial charge in [0.2, 0.25) is 15.7 Å². The number of aromatic nitrogens is 2. The summed E-state index contributed by atoms with van der Waals surface area (Å²) in [5.41, 5.74) is 0.183. The number of hydrogen-bond acceptors (Lipinski definition) is 6. The monoisotopic (exact) mass is 447 g/mol. The van der Waals surface area contributed by atoms with Crippen molar-refractivity contribution in [3.63, 3.8) is 0 Å². The van der Waals surface area contributed by atoms with Gasteiger partial charge in [-0.25, -0.2) is 17.8 Å². The van der Waals surface area contributed by atoms with Crippen LogP contribution >= 0.6 is 11.8 Å². The average molecular weight is 448 g/mol. The topological polar surface area (TPSA) is 109 Å². The summed E-state index contributed by atoms with van der Waals surface area (Å²) >= 11 is 0.892. The molecule has 3 aromatic rings. The van der Waals surface area contributed by atoms with Gasteiger partial charge in [0, 0.05) is 0 Å². The van der Waals surface area contributed by atoms with Gasteiger partial charge in [-0.05, 0) is 36.2 Å². The summed E-state index contributed by atoms with van der Waals surface area (Å²) in [6.45, 7) is 1.95. The number of carbonyl (C=O) groups excluding carboxylic acids is 1. The molecular formula is C20H18FN3O4S2. The van der Waals surface area contributed by atoms with Crippen LogP contribution in [0.25, 0.3) is 0 Å². The number of amides is 1. The lowest BCUT2D eigenvalue weighted by atomic mass is 10.2. The summed E-state index contributed by atoms with van der Waals surface area (Å²) in [5, 5.41) is 2.48. The molecule has 2 N–H and O–H groups in total. The molecule has 2 aromatic carbocycles. The van der Waals surface area contributed by atoms with Gasteiger partial charge in [0.15, 0.2) is 10.1 Å². The lowest BCUT2D eigenvalue weighted by molar-refractivity contribution is -0.113. The first-order valence-corrected chi connectivity index (χ1v) is 11.4. The first kappa shape index (κ1) is 21.7. The number of rotatable bonds is 7. The first-order valence-electron chi connectivity index (χ1n) is 8.92. The number of carbonyl (C=O) groups is 1. The molecule has 0 spiro atoms. The summed E-state index contributed by atoms with van der Waals surface area (Å²) in [4.78, 5) is 30.1. The van der Waals surface area contributed by atoms with Crippen LogP contribution in [-0.4, -0.2) is 30.0 Å². The Hall–Kier alpha value is -2.98. The SMILES string of the molecule is CCc1ccc(S(=O)(=O)c2cnc(SCC(=O)Nc3ccccc3F)[nH]c2=O)cc1. The van der Waals surface area contributed by atoms with Crippen molar-refractivity contribution in [2.75, 3.05) is 11.1 Å². The molecular weight excluding hydrogens is 429 g/mol. The maximum absolute atomic E-state index is 13.6. The van der Waals surface area contributed by atoms with Crippen LogP contribution in [0.5, 0.6) is 0 Å². The Morgan fingerprint density at radius 2 is 1.87 bits per heavy atom. The molecule has 0 radical (unpaired) electrons. The fourth-order valence-corrected chi connectivity index (χ4v) is 4.41. The molecule has 156 valence electrons. The number of H-pyrrole nitrogens is 1. The predicted octanol–water partition coefficient (Wildman–Crippen LogP) is 3.04. The molecule has 0 aliphatic heterocycles. The number of nitrogens with zero attached hydrogens (tertiary/aromatic N) is 1. The van der Waals surface area contributed by atoms with E-state index >= 15 is 0 Å². The van der Waals surface area contributed by atoms with Gasteiger partial charge in [-0.15, -0.1) is 0 Å². The summed E-state index contributed by atoms with van der Waals surface area (Å²) in [7, 11) is -4.02. The molecule has 0 bridgehead atoms. The maximum atomic E-state index is 13.6. The fourth-order valence-electron chi connectivity index (χ4n) is 2.55. The third-order valence-electron chi connectivity index (χ3n) is 4.16. The van der Waals surface area contributed by atoms with Gasteiger partial charge >= 0.3 is 0 Å². The normalized spacial score (nSPS) is 11.3. The summed E-state index contributed by atoms with van der Waals surface area (Å²) < 4.78 is 39.0. The number of benzene rings is 2. The number of sulfone groups is 1. The van der Waals surface area contributed by atoms with Gasteiger partial charge < -0.3 is 10.3 Å². The van der Waals surface area contributed by atoms with Crippen molar-refractivity contribution in [1.82, 2.24) is 9.97 Å². The molecule has 1 heterocycles. The zero-order valence-corrected chi connectivity index (χ0v) is 17.5. The van der Waals surface area contributed by atoms with E-state index in [4.69, 9.17) is 0 Å². The molecule has 0 atom stereocenters. The van der Waals surface area contributed by atoms with Crippen molar-refractivity contribution >= 4 is 33.2 Å². The number of nitrogens with one attached hydrogen (secondary N) is 2. The van der Waals surface area contributed by atoms with Crippen LogP contribution in [0.15, 0.2) is 74.5 Å². The molecule has 3 rings (SSSR count). The van der Waals surface area contributed by atoms with Gasteiger partial charge in [-0.3, -0.25) is 9.59 Å². The Balaban J connectivity index is 1.71. The zero-order valence-electron chi connectivity index (χ0n) is 15.9. The second-order valence-electron chi connectivity index (χ2n) is 6.20. The molecule has 0 aliphatic carbocycles. The molecule has 0 aliphatic rings. The second kappa shape index (κ2) is 9.23. The largest absolute Gasteiger partial charge is 0.323 e. The smallest absolute Gasteiger partial charge is 0.270 e. The van der Waals surface area contributed by atoms with Gasteiger partial charge in [-0.1, -0.05) is 43.0 Å². The Labute approximate surface area is 176 Å². The molecule has 0 saturated heterocycles. The molecule has 30 heavy (non-hydrogen) atoms. The molecule has 0 unspecified atom stereocenters. The highest BCUT2D eigenvalue weighted by Gasteiger charge is 2.22. The van der Waals surface area contributed by atoms with E-state index in [1.807, 2.05) is 6.92 Å². The maximum Gasteiger partial charge on any atom is 0.270 e. The minimum Gasteiger partial charge on any atom is -0.323 e. The van der Waals surface area contributed by atoms with Crippen LogP contribution < -0.4 is 10.9 Å². The zero-order chi connectivity index (χ0) is 21.7. The van der Waals surface area contributed by atoms with Crippen LogP contribution in [-0.2, 0) is 21.1 Å². The van der Waals surface area contributed by atoms with E-state index in [-0.39, 0.29) is 21.5 Å². The summed E-state index contributed by atoms with van der Waals surface area (Å²) in [6.07, 6.45) is 1.73. The van der Waals surface area contributed by atoms with Crippen molar-refractivity contribution in [2.45, 2.75) is 28.3 Å². The molecule has 0 fully saturated rings. The van der Waals surface area contributed by atoms with E-state index < -0.39 is 32.0 Å². The van der Waals surface area contributed by atoms with Crippen LogP contribution in [0.3, 0.4) is 0 Å². The van der Waals surface area contributed by atoms with Gasteiger partial charge in [0.25, 0.3) is 5.56 Å². The second-order valence-corrected chi connectivity index (χ2v) is 9.08. The van der Waals surface area contributed by atoms with E-state index in [1.54, 1.807) is 18.2 Å². The predicted molar refractivity (Wildman–Crippen MR) is 112 cm³/mol. The van der Waals surface area contributed by atoms with E-state index in [0.717, 1.165) is 29.9 Å². The van der Waals surface area contributed by atoms with Gasteiger partial charge in [-0.2, -0.15) is 0 Å². The Morgan fingerprint density at radius 3 is 2.50 bits per heavy atom. The van der Waals surface area contributed by atoms with E-state index in [0.29, 0.717) is 0 Å². The minimum atomic E-state index is -4.02. The van der Waals surface area contributed by atoms with Gasteiger partial charge in [0.1, 0.15) is 5.82 Å². The minimum absolute atomic E-state index is 0.00308. The molecule has 10 heteroatoms. The quantitative estimate of drug-likeness (QED) is 0.426. The van der Waals surface area contributed by atoms with E-state index in [9.17, 15) is 22.4 Å². The Morgan fingerprint density at radius 1 is 1.17 bits per heavy atom. The van der Waals surface area contributed by atoms with Crippen LogP contribution in [0.1, 0.15) is 12.5 Å². The molecule has 1 amide bonds. The van der Waals surface area contributed by atoms with Crippen molar-refractivity contribution in [3.8, 4) is 0 Å².